The van der Waals surface area contributed by atoms with Crippen LogP contribution in [0.3, 0.4) is 0 Å². The van der Waals surface area contributed by atoms with E-state index >= 15 is 0 Å². The standard InChI is InChI=1S/C27H34N2O4/c30-25(28-17-19-12-14-21(15-13-19)27(32)33)23-16-22-10-6-1-2-7-11-24(22)29(26(23)31)18-20-8-4-3-5-9-20/h12-16,20H,1-11,17-18H2,(H,28,30)(H,32,33). The zero-order chi connectivity index (χ0) is 23.2. The second kappa shape index (κ2) is 10.8. The molecule has 2 aliphatic carbocycles. The van der Waals surface area contributed by atoms with Gasteiger partial charge in [-0.15, -0.1) is 0 Å². The molecule has 33 heavy (non-hydrogen) atoms. The molecule has 1 saturated carbocycles. The van der Waals surface area contributed by atoms with E-state index in [9.17, 15) is 14.4 Å². The van der Waals surface area contributed by atoms with Gasteiger partial charge in [-0.25, -0.2) is 4.79 Å². The number of aryl methyl sites for hydroxylation is 1. The molecule has 2 N–H and O–H groups in total. The van der Waals surface area contributed by atoms with E-state index in [4.69, 9.17) is 5.11 Å². The number of nitrogens with zero attached hydrogens (tertiary/aromatic N) is 1. The smallest absolute Gasteiger partial charge is 0.335 e. The molecule has 1 fully saturated rings. The minimum absolute atomic E-state index is 0.168. The van der Waals surface area contributed by atoms with E-state index in [1.165, 1.54) is 44.2 Å². The highest BCUT2D eigenvalue weighted by atomic mass is 16.4. The third-order valence-corrected chi connectivity index (χ3v) is 7.16. The van der Waals surface area contributed by atoms with Gasteiger partial charge in [0.2, 0.25) is 0 Å². The molecule has 1 aromatic carbocycles. The number of fused-ring (bicyclic) bond motifs is 1. The Morgan fingerprint density at radius 3 is 2.30 bits per heavy atom. The third kappa shape index (κ3) is 5.73. The molecular formula is C27H34N2O4. The van der Waals surface area contributed by atoms with E-state index in [0.29, 0.717) is 5.92 Å². The van der Waals surface area contributed by atoms with Crippen molar-refractivity contribution in [2.75, 3.05) is 0 Å². The number of aromatic nitrogens is 1. The second-order valence-electron chi connectivity index (χ2n) is 9.55. The maximum atomic E-state index is 13.5. The quantitative estimate of drug-likeness (QED) is 0.667. The van der Waals surface area contributed by atoms with Gasteiger partial charge in [-0.1, -0.05) is 44.2 Å². The fraction of sp³-hybridized carbons (Fsp3) is 0.519. The third-order valence-electron chi connectivity index (χ3n) is 7.16. The van der Waals surface area contributed by atoms with Crippen LogP contribution in [0.2, 0.25) is 0 Å². The number of benzene rings is 1. The predicted octanol–water partition coefficient (Wildman–Crippen LogP) is 4.72. The lowest BCUT2D eigenvalue weighted by molar-refractivity contribution is 0.0696. The van der Waals surface area contributed by atoms with Crippen molar-refractivity contribution in [1.29, 1.82) is 0 Å². The number of hydrogen-bond donors (Lipinski definition) is 2. The highest BCUT2D eigenvalue weighted by molar-refractivity contribution is 5.94. The largest absolute Gasteiger partial charge is 0.478 e. The van der Waals surface area contributed by atoms with Gasteiger partial charge in [-0.3, -0.25) is 9.59 Å². The van der Waals surface area contributed by atoms with E-state index in [1.54, 1.807) is 12.1 Å². The van der Waals surface area contributed by atoms with Crippen LogP contribution in [0.5, 0.6) is 0 Å². The highest BCUT2D eigenvalue weighted by Gasteiger charge is 2.23. The summed E-state index contributed by atoms with van der Waals surface area (Å²) in [5, 5.41) is 11.9. The van der Waals surface area contributed by atoms with Crippen molar-refractivity contribution < 1.29 is 14.7 Å². The molecule has 176 valence electrons. The topological polar surface area (TPSA) is 88.4 Å². The number of rotatable bonds is 6. The number of hydrogen-bond acceptors (Lipinski definition) is 3. The van der Waals surface area contributed by atoms with Gasteiger partial charge in [0.25, 0.3) is 11.5 Å². The summed E-state index contributed by atoms with van der Waals surface area (Å²) in [4.78, 5) is 37.6. The van der Waals surface area contributed by atoms with Gasteiger partial charge in [-0.05, 0) is 73.8 Å². The summed E-state index contributed by atoms with van der Waals surface area (Å²) in [5.74, 6) is -0.827. The van der Waals surface area contributed by atoms with Gasteiger partial charge >= 0.3 is 5.97 Å². The zero-order valence-electron chi connectivity index (χ0n) is 19.3. The Bertz CT molecular complexity index is 1050. The maximum absolute atomic E-state index is 13.5. The number of amides is 1. The van der Waals surface area contributed by atoms with Gasteiger partial charge < -0.3 is 15.0 Å². The number of carbonyl (C=O) groups excluding carboxylic acids is 1. The molecule has 2 aliphatic rings. The molecule has 2 aromatic rings. The van der Waals surface area contributed by atoms with E-state index < -0.39 is 5.97 Å². The lowest BCUT2D eigenvalue weighted by Crippen LogP contribution is -2.36. The first-order chi connectivity index (χ1) is 16.0. The van der Waals surface area contributed by atoms with E-state index in [1.807, 2.05) is 10.6 Å². The van der Waals surface area contributed by atoms with Gasteiger partial charge in [0.15, 0.2) is 0 Å². The normalized spacial score (nSPS) is 17.0. The summed E-state index contributed by atoms with van der Waals surface area (Å²) < 4.78 is 1.94. The van der Waals surface area contributed by atoms with Gasteiger partial charge in [0.1, 0.15) is 5.56 Å². The Morgan fingerprint density at radius 1 is 0.939 bits per heavy atom. The van der Waals surface area contributed by atoms with E-state index in [0.717, 1.165) is 61.9 Å². The Kier molecular flexibility index (Phi) is 7.63. The Hall–Kier alpha value is -2.89. The summed E-state index contributed by atoms with van der Waals surface area (Å²) in [6.45, 7) is 0.969. The molecule has 0 bridgehead atoms. The first-order valence-electron chi connectivity index (χ1n) is 12.4. The van der Waals surface area contributed by atoms with Crippen LogP contribution in [0, 0.1) is 5.92 Å². The average Bonchev–Trinajstić information content (AvgIpc) is 2.81. The maximum Gasteiger partial charge on any atom is 0.335 e. The molecule has 6 nitrogen and oxygen atoms in total. The minimum atomic E-state index is -0.982. The first-order valence-corrected chi connectivity index (χ1v) is 12.4. The minimum Gasteiger partial charge on any atom is -0.478 e. The Labute approximate surface area is 195 Å². The van der Waals surface area contributed by atoms with E-state index in [2.05, 4.69) is 5.32 Å². The van der Waals surface area contributed by atoms with Gasteiger partial charge in [0.05, 0.1) is 5.56 Å². The fourth-order valence-corrected chi connectivity index (χ4v) is 5.26. The van der Waals surface area contributed by atoms with Crippen molar-refractivity contribution in [3.63, 3.8) is 0 Å². The van der Waals surface area contributed by atoms with Crippen molar-refractivity contribution in [1.82, 2.24) is 9.88 Å². The molecule has 4 rings (SSSR count). The summed E-state index contributed by atoms with van der Waals surface area (Å²) in [6.07, 6.45) is 12.4. The predicted molar refractivity (Wildman–Crippen MR) is 128 cm³/mol. The Morgan fingerprint density at radius 2 is 1.61 bits per heavy atom. The van der Waals surface area contributed by atoms with Crippen molar-refractivity contribution in [3.8, 4) is 0 Å². The van der Waals surface area contributed by atoms with Crippen LogP contribution in [-0.2, 0) is 25.9 Å². The number of aromatic carboxylic acids is 1. The number of nitrogens with one attached hydrogen (secondary N) is 1. The molecule has 0 atom stereocenters. The molecule has 0 spiro atoms. The molecule has 0 saturated heterocycles. The lowest BCUT2D eigenvalue weighted by Gasteiger charge is -2.26. The van der Waals surface area contributed by atoms with Crippen LogP contribution in [0.25, 0.3) is 0 Å². The van der Waals surface area contributed by atoms with Crippen LogP contribution < -0.4 is 10.9 Å². The number of carbonyl (C=O) groups is 2. The first kappa shape index (κ1) is 23.3. The summed E-state index contributed by atoms with van der Waals surface area (Å²) in [5.41, 5.74) is 3.36. The molecule has 0 unspecified atom stereocenters. The van der Waals surface area contributed by atoms with Crippen LogP contribution in [0.1, 0.15) is 95.3 Å². The summed E-state index contributed by atoms with van der Waals surface area (Å²) in [6, 6.07) is 8.25. The van der Waals surface area contributed by atoms with Gasteiger partial charge in [0, 0.05) is 18.8 Å². The summed E-state index contributed by atoms with van der Waals surface area (Å²) in [7, 11) is 0. The van der Waals surface area contributed by atoms with Crippen molar-refractivity contribution in [2.45, 2.75) is 83.7 Å². The van der Waals surface area contributed by atoms with Crippen LogP contribution in [0.15, 0.2) is 35.1 Å². The highest BCUT2D eigenvalue weighted by Crippen LogP contribution is 2.27. The molecular weight excluding hydrogens is 416 g/mol. The molecule has 1 amide bonds. The average molecular weight is 451 g/mol. The SMILES string of the molecule is O=C(O)c1ccc(CNC(=O)c2cc3c(n(CC4CCCCC4)c2=O)CCCCCC3)cc1. The van der Waals surface area contributed by atoms with Crippen LogP contribution >= 0.6 is 0 Å². The van der Waals surface area contributed by atoms with Crippen molar-refractivity contribution >= 4 is 11.9 Å². The number of carboxylic acid groups (broad SMARTS) is 1. The van der Waals surface area contributed by atoms with E-state index in [-0.39, 0.29) is 29.1 Å². The zero-order valence-corrected chi connectivity index (χ0v) is 19.3. The van der Waals surface area contributed by atoms with Crippen molar-refractivity contribution in [3.05, 3.63) is 68.6 Å². The Balaban J connectivity index is 1.58. The van der Waals surface area contributed by atoms with Crippen LogP contribution in [-0.4, -0.2) is 21.6 Å². The number of carboxylic acids is 1. The molecule has 1 aromatic heterocycles. The van der Waals surface area contributed by atoms with Crippen LogP contribution in [0.4, 0.5) is 0 Å². The van der Waals surface area contributed by atoms with Crippen molar-refractivity contribution in [2.24, 2.45) is 5.92 Å². The molecule has 0 radical (unpaired) electrons. The number of pyridine rings is 1. The summed E-state index contributed by atoms with van der Waals surface area (Å²) >= 11 is 0. The fourth-order valence-electron chi connectivity index (χ4n) is 5.26. The monoisotopic (exact) mass is 450 g/mol. The van der Waals surface area contributed by atoms with Gasteiger partial charge in [-0.2, -0.15) is 0 Å². The second-order valence-corrected chi connectivity index (χ2v) is 9.55. The molecule has 0 aliphatic heterocycles. The lowest BCUT2D eigenvalue weighted by atomic mass is 9.88. The molecule has 6 heteroatoms. The molecule has 1 heterocycles.